The Morgan fingerprint density at radius 2 is 2.13 bits per heavy atom. The molecule has 0 aromatic carbocycles. The summed E-state index contributed by atoms with van der Waals surface area (Å²) in [6, 6.07) is 0. The third kappa shape index (κ3) is 2.47. The van der Waals surface area contributed by atoms with Crippen molar-refractivity contribution in [1.29, 1.82) is 0 Å². The number of anilines is 1. The highest BCUT2D eigenvalue weighted by molar-refractivity contribution is 7.91. The van der Waals surface area contributed by atoms with Crippen LogP contribution in [0.1, 0.15) is 19.0 Å². The van der Waals surface area contributed by atoms with Gasteiger partial charge in [-0.25, -0.2) is 17.7 Å². The maximum Gasteiger partial charge on any atom is 0.254 e. The van der Waals surface area contributed by atoms with Gasteiger partial charge in [0.05, 0.1) is 5.69 Å². The Kier molecular flexibility index (Phi) is 3.69. The molecule has 86 valence electrons. The van der Waals surface area contributed by atoms with E-state index in [1.165, 1.54) is 4.31 Å². The average molecular weight is 249 g/mol. The molecule has 0 aliphatic carbocycles. The standard InChI is InChI=1S/C8H15N3O2S2/c1-4-5-11(3)15(12,13)7-6(2)10-8(9)14-7/h4-5H2,1-3H3,(H2,9,10). The van der Waals surface area contributed by atoms with Crippen LogP contribution < -0.4 is 5.73 Å². The minimum Gasteiger partial charge on any atom is -0.375 e. The van der Waals surface area contributed by atoms with E-state index in [-0.39, 0.29) is 9.34 Å². The van der Waals surface area contributed by atoms with Gasteiger partial charge in [-0.15, -0.1) is 0 Å². The minimum absolute atomic E-state index is 0.246. The van der Waals surface area contributed by atoms with Gasteiger partial charge in [0.2, 0.25) is 0 Å². The van der Waals surface area contributed by atoms with Crippen molar-refractivity contribution in [2.45, 2.75) is 24.5 Å². The van der Waals surface area contributed by atoms with E-state index in [2.05, 4.69) is 4.98 Å². The van der Waals surface area contributed by atoms with E-state index in [0.29, 0.717) is 12.2 Å². The summed E-state index contributed by atoms with van der Waals surface area (Å²) in [5.41, 5.74) is 5.95. The fraction of sp³-hybridized carbons (Fsp3) is 0.625. The number of aryl methyl sites for hydroxylation is 1. The summed E-state index contributed by atoms with van der Waals surface area (Å²) in [7, 11) is -1.84. The zero-order valence-corrected chi connectivity index (χ0v) is 10.7. The van der Waals surface area contributed by atoms with E-state index in [0.717, 1.165) is 17.8 Å². The maximum absolute atomic E-state index is 12.0. The van der Waals surface area contributed by atoms with Gasteiger partial charge in [0, 0.05) is 13.6 Å². The molecule has 7 heteroatoms. The zero-order valence-electron chi connectivity index (χ0n) is 9.02. The predicted molar refractivity (Wildman–Crippen MR) is 61.4 cm³/mol. The van der Waals surface area contributed by atoms with E-state index >= 15 is 0 Å². The second kappa shape index (κ2) is 4.46. The number of thiazole rings is 1. The molecule has 0 aliphatic heterocycles. The van der Waals surface area contributed by atoms with Crippen molar-refractivity contribution in [3.05, 3.63) is 5.69 Å². The fourth-order valence-electron chi connectivity index (χ4n) is 1.22. The minimum atomic E-state index is -3.40. The number of sulfonamides is 1. The number of nitrogens with zero attached hydrogens (tertiary/aromatic N) is 2. The van der Waals surface area contributed by atoms with Gasteiger partial charge in [0.25, 0.3) is 10.0 Å². The zero-order chi connectivity index (χ0) is 11.6. The molecule has 1 aromatic heterocycles. The molecule has 2 N–H and O–H groups in total. The molecule has 15 heavy (non-hydrogen) atoms. The molecule has 1 rings (SSSR count). The van der Waals surface area contributed by atoms with E-state index < -0.39 is 10.0 Å². The van der Waals surface area contributed by atoms with Crippen LogP contribution in [0.25, 0.3) is 0 Å². The van der Waals surface area contributed by atoms with Crippen molar-refractivity contribution < 1.29 is 8.42 Å². The number of nitrogens with two attached hydrogens (primary N) is 1. The smallest absolute Gasteiger partial charge is 0.254 e. The molecular formula is C8H15N3O2S2. The molecule has 0 saturated heterocycles. The summed E-state index contributed by atoms with van der Waals surface area (Å²) in [4.78, 5) is 3.91. The Labute approximate surface area is 94.0 Å². The van der Waals surface area contributed by atoms with Crippen LogP contribution in [0.15, 0.2) is 4.21 Å². The van der Waals surface area contributed by atoms with Gasteiger partial charge in [-0.3, -0.25) is 0 Å². The van der Waals surface area contributed by atoms with Crippen LogP contribution in [-0.4, -0.2) is 31.3 Å². The first kappa shape index (κ1) is 12.4. The Balaban J connectivity index is 3.11. The molecule has 0 amide bonds. The second-order valence-corrected chi connectivity index (χ2v) is 6.52. The normalized spacial score (nSPS) is 12.3. The van der Waals surface area contributed by atoms with Crippen LogP contribution in [0, 0.1) is 6.92 Å². The van der Waals surface area contributed by atoms with Gasteiger partial charge in [0.1, 0.15) is 0 Å². The lowest BCUT2D eigenvalue weighted by atomic mass is 10.5. The molecule has 5 nitrogen and oxygen atoms in total. The van der Waals surface area contributed by atoms with Crippen molar-refractivity contribution >= 4 is 26.5 Å². The Bertz CT molecular complexity index is 439. The van der Waals surface area contributed by atoms with E-state index in [9.17, 15) is 8.42 Å². The van der Waals surface area contributed by atoms with Gasteiger partial charge in [-0.2, -0.15) is 0 Å². The summed E-state index contributed by atoms with van der Waals surface area (Å²) < 4.78 is 25.6. The lowest BCUT2D eigenvalue weighted by Gasteiger charge is -2.14. The average Bonchev–Trinajstić information content (AvgIpc) is 2.46. The number of hydrogen-bond acceptors (Lipinski definition) is 5. The van der Waals surface area contributed by atoms with Crippen LogP contribution in [0.3, 0.4) is 0 Å². The topological polar surface area (TPSA) is 76.3 Å². The van der Waals surface area contributed by atoms with Crippen LogP contribution in [0.5, 0.6) is 0 Å². The first-order valence-corrected chi connectivity index (χ1v) is 6.84. The monoisotopic (exact) mass is 249 g/mol. The third-order valence-corrected chi connectivity index (χ3v) is 5.38. The van der Waals surface area contributed by atoms with Crippen molar-refractivity contribution in [1.82, 2.24) is 9.29 Å². The maximum atomic E-state index is 12.0. The lowest BCUT2D eigenvalue weighted by molar-refractivity contribution is 0.469. The third-order valence-electron chi connectivity index (χ3n) is 1.95. The summed E-state index contributed by atoms with van der Waals surface area (Å²) in [5.74, 6) is 0. The van der Waals surface area contributed by atoms with Crippen LogP contribution in [-0.2, 0) is 10.0 Å². The SMILES string of the molecule is CCCN(C)S(=O)(=O)c1sc(N)nc1C. The summed E-state index contributed by atoms with van der Waals surface area (Å²) in [6.45, 7) is 4.08. The highest BCUT2D eigenvalue weighted by Gasteiger charge is 2.25. The number of nitrogen functional groups attached to an aromatic ring is 1. The Morgan fingerprint density at radius 3 is 2.53 bits per heavy atom. The number of hydrogen-bond donors (Lipinski definition) is 1. The largest absolute Gasteiger partial charge is 0.375 e. The summed E-state index contributed by atoms with van der Waals surface area (Å²) in [5, 5.41) is 0.288. The molecule has 0 atom stereocenters. The summed E-state index contributed by atoms with van der Waals surface area (Å²) >= 11 is 1.01. The van der Waals surface area contributed by atoms with Crippen molar-refractivity contribution in [2.75, 3.05) is 19.3 Å². The predicted octanol–water partition coefficient (Wildman–Crippen LogP) is 1.06. The van der Waals surface area contributed by atoms with Gasteiger partial charge in [-0.1, -0.05) is 18.3 Å². The van der Waals surface area contributed by atoms with E-state index in [4.69, 9.17) is 5.73 Å². The van der Waals surface area contributed by atoms with Crippen LogP contribution in [0.2, 0.25) is 0 Å². The first-order valence-electron chi connectivity index (χ1n) is 4.58. The lowest BCUT2D eigenvalue weighted by Crippen LogP contribution is -2.27. The van der Waals surface area contributed by atoms with Gasteiger partial charge < -0.3 is 5.73 Å². The highest BCUT2D eigenvalue weighted by Crippen LogP contribution is 2.27. The van der Waals surface area contributed by atoms with Crippen molar-refractivity contribution in [3.63, 3.8) is 0 Å². The Morgan fingerprint density at radius 1 is 1.53 bits per heavy atom. The van der Waals surface area contributed by atoms with Gasteiger partial charge in [0.15, 0.2) is 9.34 Å². The molecule has 1 heterocycles. The number of aromatic nitrogens is 1. The molecule has 0 radical (unpaired) electrons. The van der Waals surface area contributed by atoms with Crippen LogP contribution >= 0.6 is 11.3 Å². The van der Waals surface area contributed by atoms with Gasteiger partial charge in [-0.05, 0) is 13.3 Å². The van der Waals surface area contributed by atoms with Crippen molar-refractivity contribution in [3.8, 4) is 0 Å². The fourth-order valence-corrected chi connectivity index (χ4v) is 3.97. The molecule has 0 fully saturated rings. The molecule has 0 spiro atoms. The molecule has 0 unspecified atom stereocenters. The number of rotatable bonds is 4. The molecule has 1 aromatic rings. The van der Waals surface area contributed by atoms with Crippen LogP contribution in [0.4, 0.5) is 5.13 Å². The Hall–Kier alpha value is -0.660. The quantitative estimate of drug-likeness (QED) is 0.865. The molecule has 0 aliphatic rings. The highest BCUT2D eigenvalue weighted by atomic mass is 32.2. The molecule has 0 bridgehead atoms. The van der Waals surface area contributed by atoms with Gasteiger partial charge >= 0.3 is 0 Å². The first-order chi connectivity index (χ1) is 6.89. The summed E-state index contributed by atoms with van der Waals surface area (Å²) in [6.07, 6.45) is 0.781. The van der Waals surface area contributed by atoms with Crippen molar-refractivity contribution in [2.24, 2.45) is 0 Å². The molecule has 0 saturated carbocycles. The van der Waals surface area contributed by atoms with E-state index in [1.54, 1.807) is 14.0 Å². The molecular weight excluding hydrogens is 234 g/mol. The second-order valence-electron chi connectivity index (χ2n) is 3.25. The van der Waals surface area contributed by atoms with E-state index in [1.807, 2.05) is 6.92 Å².